The molecule has 2 nitrogen and oxygen atoms in total. The zero-order chi connectivity index (χ0) is 12.5. The van der Waals surface area contributed by atoms with E-state index in [4.69, 9.17) is 5.11 Å². The highest BCUT2D eigenvalue weighted by Crippen LogP contribution is 2.34. The molecule has 1 N–H and O–H groups in total. The van der Waals surface area contributed by atoms with Crippen LogP contribution in [-0.4, -0.2) is 10.1 Å². The van der Waals surface area contributed by atoms with Crippen LogP contribution in [0.15, 0.2) is 6.07 Å². The Kier molecular flexibility index (Phi) is 3.41. The van der Waals surface area contributed by atoms with E-state index in [1.54, 1.807) is 0 Å². The number of aliphatic hydroxyl groups excluding tert-OH is 1. The van der Waals surface area contributed by atoms with Gasteiger partial charge in [0.25, 0.3) is 6.43 Å². The van der Waals surface area contributed by atoms with Crippen molar-refractivity contribution in [2.75, 3.05) is 0 Å². The normalized spacial score (nSPS) is 12.2. The van der Waals surface area contributed by atoms with Gasteiger partial charge in [0.1, 0.15) is 11.4 Å². The number of alkyl halides is 5. The molecule has 0 bridgehead atoms. The molecule has 1 rings (SSSR count). The minimum absolute atomic E-state index is 0.0703. The van der Waals surface area contributed by atoms with E-state index >= 15 is 0 Å². The van der Waals surface area contributed by atoms with Gasteiger partial charge in [-0.3, -0.25) is 0 Å². The van der Waals surface area contributed by atoms with Crippen molar-refractivity contribution < 1.29 is 31.4 Å². The molecule has 8 heteroatoms. The van der Waals surface area contributed by atoms with Gasteiger partial charge in [-0.15, -0.1) is 0 Å². The third kappa shape index (κ3) is 2.43. The van der Waals surface area contributed by atoms with Crippen LogP contribution < -0.4 is 0 Å². The third-order valence-electron chi connectivity index (χ3n) is 1.72. The summed E-state index contributed by atoms with van der Waals surface area (Å²) in [6, 6.07) is -0.0703. The number of hydrogen-bond acceptors (Lipinski definition) is 2. The van der Waals surface area contributed by atoms with Crippen molar-refractivity contribution in [3.63, 3.8) is 0 Å². The van der Waals surface area contributed by atoms with E-state index in [0.29, 0.717) is 0 Å². The summed E-state index contributed by atoms with van der Waals surface area (Å²) in [6.45, 7) is -1.19. The molecule has 1 aromatic heterocycles. The molecule has 0 aliphatic carbocycles. The molecule has 0 atom stereocenters. The molecule has 1 aromatic rings. The smallest absolute Gasteiger partial charge is 0.390 e. The topological polar surface area (TPSA) is 33.1 Å². The van der Waals surface area contributed by atoms with Crippen LogP contribution in [0.3, 0.4) is 0 Å². The Hall–Kier alpha value is -1.31. The SMILES string of the molecule is OCc1nc(C(F)F)cc(C(F)(F)F)c1F. The summed E-state index contributed by atoms with van der Waals surface area (Å²) in [5.41, 5.74) is -4.13. The van der Waals surface area contributed by atoms with Crippen LogP contribution in [0.2, 0.25) is 0 Å². The second kappa shape index (κ2) is 4.28. The summed E-state index contributed by atoms with van der Waals surface area (Å²) in [5, 5.41) is 8.50. The van der Waals surface area contributed by atoms with E-state index in [9.17, 15) is 26.3 Å². The fraction of sp³-hybridized carbons (Fsp3) is 0.375. The fourth-order valence-corrected chi connectivity index (χ4v) is 1.03. The number of nitrogens with zero attached hydrogens (tertiary/aromatic N) is 1. The molecule has 0 aliphatic rings. The van der Waals surface area contributed by atoms with Gasteiger partial charge in [-0.2, -0.15) is 13.2 Å². The standard InChI is InChI=1S/C8H5F6NO/c9-6-3(8(12,13)14)1-4(7(10)11)15-5(6)2-16/h1,7,16H,2H2. The monoisotopic (exact) mass is 245 g/mol. The first kappa shape index (κ1) is 12.8. The molecule has 0 spiro atoms. The van der Waals surface area contributed by atoms with E-state index in [1.165, 1.54) is 0 Å². The average molecular weight is 245 g/mol. The van der Waals surface area contributed by atoms with Gasteiger partial charge >= 0.3 is 6.18 Å². The van der Waals surface area contributed by atoms with Crippen LogP contribution >= 0.6 is 0 Å². The molecular formula is C8H5F6NO. The van der Waals surface area contributed by atoms with Gasteiger partial charge in [-0.25, -0.2) is 18.2 Å². The van der Waals surface area contributed by atoms with E-state index in [1.807, 2.05) is 0 Å². The molecule has 90 valence electrons. The van der Waals surface area contributed by atoms with Gasteiger partial charge in [0.05, 0.1) is 12.2 Å². The Morgan fingerprint density at radius 3 is 2.25 bits per heavy atom. The van der Waals surface area contributed by atoms with E-state index < -0.39 is 42.0 Å². The summed E-state index contributed by atoms with van der Waals surface area (Å²) in [4.78, 5) is 2.89. The largest absolute Gasteiger partial charge is 0.419 e. The Labute approximate surface area is 85.5 Å². The predicted octanol–water partition coefficient (Wildman–Crippen LogP) is 2.67. The second-order valence-electron chi connectivity index (χ2n) is 2.81. The molecular weight excluding hydrogens is 240 g/mol. The van der Waals surface area contributed by atoms with Crippen molar-refractivity contribution >= 4 is 0 Å². The number of pyridine rings is 1. The van der Waals surface area contributed by atoms with Gasteiger partial charge in [-0.05, 0) is 6.07 Å². The predicted molar refractivity (Wildman–Crippen MR) is 40.1 cm³/mol. The van der Waals surface area contributed by atoms with Crippen molar-refractivity contribution in [1.82, 2.24) is 4.98 Å². The fourth-order valence-electron chi connectivity index (χ4n) is 1.03. The maximum Gasteiger partial charge on any atom is 0.419 e. The minimum atomic E-state index is -5.11. The Balaban J connectivity index is 3.42. The Bertz CT molecular complexity index is 389. The van der Waals surface area contributed by atoms with Crippen LogP contribution in [0.1, 0.15) is 23.4 Å². The number of hydrogen-bond donors (Lipinski definition) is 1. The minimum Gasteiger partial charge on any atom is -0.390 e. The molecule has 0 aromatic carbocycles. The van der Waals surface area contributed by atoms with Crippen molar-refractivity contribution in [2.45, 2.75) is 19.2 Å². The highest BCUT2D eigenvalue weighted by molar-refractivity contribution is 5.26. The summed E-state index contributed by atoms with van der Waals surface area (Å²) in [7, 11) is 0. The van der Waals surface area contributed by atoms with Gasteiger partial charge in [-0.1, -0.05) is 0 Å². The molecule has 0 unspecified atom stereocenters. The van der Waals surface area contributed by atoms with Crippen LogP contribution in [0, 0.1) is 5.82 Å². The van der Waals surface area contributed by atoms with Crippen molar-refractivity contribution in [3.05, 3.63) is 28.8 Å². The van der Waals surface area contributed by atoms with E-state index in [0.717, 1.165) is 0 Å². The first-order valence-electron chi connectivity index (χ1n) is 3.93. The Morgan fingerprint density at radius 1 is 1.31 bits per heavy atom. The second-order valence-corrected chi connectivity index (χ2v) is 2.81. The van der Waals surface area contributed by atoms with Crippen LogP contribution in [-0.2, 0) is 12.8 Å². The van der Waals surface area contributed by atoms with Crippen LogP contribution in [0.4, 0.5) is 26.3 Å². The van der Waals surface area contributed by atoms with Gasteiger partial charge in [0.2, 0.25) is 0 Å². The van der Waals surface area contributed by atoms with Crippen molar-refractivity contribution in [2.24, 2.45) is 0 Å². The zero-order valence-corrected chi connectivity index (χ0v) is 7.52. The maximum absolute atomic E-state index is 13.0. The quantitative estimate of drug-likeness (QED) is 0.812. The van der Waals surface area contributed by atoms with Gasteiger partial charge in [0, 0.05) is 0 Å². The lowest BCUT2D eigenvalue weighted by Gasteiger charge is -2.11. The summed E-state index contributed by atoms with van der Waals surface area (Å²) >= 11 is 0. The molecule has 0 amide bonds. The first-order valence-corrected chi connectivity index (χ1v) is 3.93. The number of rotatable bonds is 2. The van der Waals surface area contributed by atoms with Crippen LogP contribution in [0.5, 0.6) is 0 Å². The molecule has 0 saturated heterocycles. The van der Waals surface area contributed by atoms with Crippen LogP contribution in [0.25, 0.3) is 0 Å². The molecule has 0 fully saturated rings. The average Bonchev–Trinajstić information content (AvgIpc) is 2.15. The number of halogens is 6. The lowest BCUT2D eigenvalue weighted by atomic mass is 10.1. The first-order chi connectivity index (χ1) is 7.27. The highest BCUT2D eigenvalue weighted by atomic mass is 19.4. The third-order valence-corrected chi connectivity index (χ3v) is 1.72. The van der Waals surface area contributed by atoms with Gasteiger partial charge in [0.15, 0.2) is 5.82 Å². The zero-order valence-electron chi connectivity index (χ0n) is 7.52. The lowest BCUT2D eigenvalue weighted by molar-refractivity contribution is -0.140. The molecule has 0 saturated carbocycles. The molecule has 1 heterocycles. The highest BCUT2D eigenvalue weighted by Gasteiger charge is 2.36. The van der Waals surface area contributed by atoms with Crippen molar-refractivity contribution in [3.8, 4) is 0 Å². The Morgan fingerprint density at radius 2 is 1.88 bits per heavy atom. The number of aromatic nitrogens is 1. The van der Waals surface area contributed by atoms with E-state index in [2.05, 4.69) is 4.98 Å². The number of aliphatic hydroxyl groups is 1. The summed E-state index contributed by atoms with van der Waals surface area (Å²) < 4.78 is 74.0. The lowest BCUT2D eigenvalue weighted by Crippen LogP contribution is -2.13. The maximum atomic E-state index is 13.0. The van der Waals surface area contributed by atoms with Crippen molar-refractivity contribution in [1.29, 1.82) is 0 Å². The summed E-state index contributed by atoms with van der Waals surface area (Å²) in [5.74, 6) is -1.83. The van der Waals surface area contributed by atoms with E-state index in [-0.39, 0.29) is 6.07 Å². The van der Waals surface area contributed by atoms with Gasteiger partial charge < -0.3 is 5.11 Å². The molecule has 0 aliphatic heterocycles. The molecule has 16 heavy (non-hydrogen) atoms. The summed E-state index contributed by atoms with van der Waals surface area (Å²) in [6.07, 6.45) is -8.38. The molecule has 0 radical (unpaired) electrons.